The number of hydrogen-bond acceptors (Lipinski definition) is 4. The Labute approximate surface area is 129 Å². The molecule has 7 nitrogen and oxygen atoms in total. The van der Waals surface area contributed by atoms with Crippen LogP contribution in [0.5, 0.6) is 0 Å². The van der Waals surface area contributed by atoms with Crippen molar-refractivity contribution in [2.24, 2.45) is 7.05 Å². The third-order valence-electron chi connectivity index (χ3n) is 3.90. The molecule has 0 radical (unpaired) electrons. The number of aryl methyl sites for hydroxylation is 1. The summed E-state index contributed by atoms with van der Waals surface area (Å²) in [6, 6.07) is 10.5. The van der Waals surface area contributed by atoms with Gasteiger partial charge in [0.2, 0.25) is 0 Å². The number of hydrogen-bond donors (Lipinski definition) is 1. The largest absolute Gasteiger partial charge is 0.331 e. The van der Waals surface area contributed by atoms with Crippen molar-refractivity contribution in [1.29, 1.82) is 0 Å². The number of urea groups is 1. The Morgan fingerprint density at radius 3 is 2.91 bits per heavy atom. The molecule has 1 fully saturated rings. The Kier molecular flexibility index (Phi) is 4.32. The van der Waals surface area contributed by atoms with Gasteiger partial charge in [-0.1, -0.05) is 30.3 Å². The predicted molar refractivity (Wildman–Crippen MR) is 80.9 cm³/mol. The molecule has 1 N–H and O–H groups in total. The van der Waals surface area contributed by atoms with E-state index in [1.165, 1.54) is 10.4 Å². The molecule has 1 aliphatic heterocycles. The zero-order chi connectivity index (χ0) is 15.4. The van der Waals surface area contributed by atoms with E-state index in [1.54, 1.807) is 7.05 Å². The van der Waals surface area contributed by atoms with Crippen molar-refractivity contribution in [1.82, 2.24) is 30.4 Å². The van der Waals surface area contributed by atoms with Gasteiger partial charge in [-0.2, -0.15) is 4.80 Å². The van der Waals surface area contributed by atoms with E-state index < -0.39 is 0 Å². The molecular weight excluding hydrogens is 280 g/mol. The lowest BCUT2D eigenvalue weighted by atomic mass is 10.0. The molecule has 1 saturated heterocycles. The van der Waals surface area contributed by atoms with Crippen LogP contribution >= 0.6 is 0 Å². The van der Waals surface area contributed by atoms with Crippen LogP contribution in [0.4, 0.5) is 4.79 Å². The number of benzene rings is 1. The van der Waals surface area contributed by atoms with Crippen molar-refractivity contribution in [2.45, 2.75) is 31.8 Å². The highest BCUT2D eigenvalue weighted by Gasteiger charge is 2.28. The summed E-state index contributed by atoms with van der Waals surface area (Å²) in [7, 11) is 1.70. The summed E-state index contributed by atoms with van der Waals surface area (Å²) in [5.41, 5.74) is 1.27. The molecule has 0 saturated carbocycles. The van der Waals surface area contributed by atoms with Crippen molar-refractivity contribution in [3.8, 4) is 0 Å². The van der Waals surface area contributed by atoms with Gasteiger partial charge in [-0.25, -0.2) is 4.79 Å². The van der Waals surface area contributed by atoms with E-state index in [9.17, 15) is 4.79 Å². The number of carbonyl (C=O) groups is 1. The Balaban J connectivity index is 1.56. The van der Waals surface area contributed by atoms with Crippen LogP contribution < -0.4 is 5.32 Å². The molecule has 2 aromatic rings. The number of rotatable bonds is 4. The van der Waals surface area contributed by atoms with Crippen LogP contribution in [0.15, 0.2) is 30.3 Å². The van der Waals surface area contributed by atoms with Crippen molar-refractivity contribution in [3.05, 3.63) is 41.7 Å². The molecule has 1 aromatic heterocycles. The van der Waals surface area contributed by atoms with Crippen LogP contribution in [-0.2, 0) is 20.0 Å². The molecule has 3 rings (SSSR count). The summed E-state index contributed by atoms with van der Waals surface area (Å²) < 4.78 is 0. The van der Waals surface area contributed by atoms with Gasteiger partial charge in [-0.05, 0) is 30.0 Å². The maximum atomic E-state index is 12.4. The SMILES string of the molecule is Cn1nnc(CNC(=O)N2CCC[C@H]2Cc2ccccc2)n1. The topological polar surface area (TPSA) is 75.9 Å². The smallest absolute Gasteiger partial charge is 0.318 e. The van der Waals surface area contributed by atoms with Gasteiger partial charge in [0.25, 0.3) is 0 Å². The molecule has 7 heteroatoms. The quantitative estimate of drug-likeness (QED) is 0.918. The van der Waals surface area contributed by atoms with E-state index in [-0.39, 0.29) is 12.1 Å². The summed E-state index contributed by atoms with van der Waals surface area (Å²) >= 11 is 0. The molecule has 1 aliphatic rings. The van der Waals surface area contributed by atoms with E-state index in [0.29, 0.717) is 12.4 Å². The molecule has 116 valence electrons. The fraction of sp³-hybridized carbons (Fsp3) is 0.467. The fourth-order valence-electron chi connectivity index (χ4n) is 2.85. The number of nitrogens with one attached hydrogen (secondary N) is 1. The van der Waals surface area contributed by atoms with E-state index in [2.05, 4.69) is 32.9 Å². The average Bonchev–Trinajstić information content (AvgIpc) is 3.15. The first-order chi connectivity index (χ1) is 10.7. The number of tetrazole rings is 1. The Morgan fingerprint density at radius 1 is 1.36 bits per heavy atom. The fourth-order valence-corrected chi connectivity index (χ4v) is 2.85. The minimum Gasteiger partial charge on any atom is -0.331 e. The van der Waals surface area contributed by atoms with Crippen molar-refractivity contribution in [3.63, 3.8) is 0 Å². The average molecular weight is 300 g/mol. The molecule has 2 heterocycles. The summed E-state index contributed by atoms with van der Waals surface area (Å²) in [5.74, 6) is 0.523. The lowest BCUT2D eigenvalue weighted by molar-refractivity contribution is 0.191. The number of aromatic nitrogens is 4. The molecule has 2 amide bonds. The van der Waals surface area contributed by atoms with Gasteiger partial charge in [0.15, 0.2) is 5.82 Å². The lowest BCUT2D eigenvalue weighted by Gasteiger charge is -2.24. The van der Waals surface area contributed by atoms with Crippen LogP contribution in [0.3, 0.4) is 0 Å². The number of nitrogens with zero attached hydrogens (tertiary/aromatic N) is 5. The Bertz CT molecular complexity index is 626. The van der Waals surface area contributed by atoms with Gasteiger partial charge in [-0.3, -0.25) is 0 Å². The number of likely N-dealkylation sites (tertiary alicyclic amines) is 1. The van der Waals surface area contributed by atoms with Crippen LogP contribution in [0.25, 0.3) is 0 Å². The highest BCUT2D eigenvalue weighted by atomic mass is 16.2. The zero-order valence-electron chi connectivity index (χ0n) is 12.6. The highest BCUT2D eigenvalue weighted by Crippen LogP contribution is 2.21. The Hall–Kier alpha value is -2.44. The maximum absolute atomic E-state index is 12.4. The van der Waals surface area contributed by atoms with Gasteiger partial charge < -0.3 is 10.2 Å². The summed E-state index contributed by atoms with van der Waals surface area (Å²) in [6.45, 7) is 1.11. The minimum atomic E-state index is -0.0501. The standard InChI is InChI=1S/C15H20N6O/c1-20-18-14(17-19-20)11-16-15(22)21-9-5-8-13(21)10-12-6-3-2-4-7-12/h2-4,6-7,13H,5,8-11H2,1H3,(H,16,22)/t13-/m0/s1. The summed E-state index contributed by atoms with van der Waals surface area (Å²) in [6.07, 6.45) is 3.00. The third kappa shape index (κ3) is 3.41. The van der Waals surface area contributed by atoms with Crippen LogP contribution in [0.1, 0.15) is 24.2 Å². The van der Waals surface area contributed by atoms with Crippen LogP contribution in [0.2, 0.25) is 0 Å². The van der Waals surface area contributed by atoms with Crippen molar-refractivity contribution >= 4 is 6.03 Å². The van der Waals surface area contributed by atoms with Gasteiger partial charge in [0.05, 0.1) is 13.6 Å². The molecule has 0 aliphatic carbocycles. The molecule has 0 spiro atoms. The molecule has 0 unspecified atom stereocenters. The monoisotopic (exact) mass is 300 g/mol. The second kappa shape index (κ2) is 6.55. The zero-order valence-corrected chi connectivity index (χ0v) is 12.6. The van der Waals surface area contributed by atoms with Gasteiger partial charge >= 0.3 is 6.03 Å². The Morgan fingerprint density at radius 2 is 2.18 bits per heavy atom. The molecule has 1 atom stereocenters. The normalized spacial score (nSPS) is 17.7. The van der Waals surface area contributed by atoms with Crippen molar-refractivity contribution < 1.29 is 4.79 Å². The van der Waals surface area contributed by atoms with Gasteiger partial charge in [0.1, 0.15) is 0 Å². The first-order valence-electron chi connectivity index (χ1n) is 7.53. The maximum Gasteiger partial charge on any atom is 0.318 e. The van der Waals surface area contributed by atoms with E-state index in [1.807, 2.05) is 23.1 Å². The number of amides is 2. The summed E-state index contributed by atoms with van der Waals surface area (Å²) in [4.78, 5) is 15.7. The highest BCUT2D eigenvalue weighted by molar-refractivity contribution is 5.74. The third-order valence-corrected chi connectivity index (χ3v) is 3.90. The van der Waals surface area contributed by atoms with E-state index in [4.69, 9.17) is 0 Å². The minimum absolute atomic E-state index is 0.0501. The molecule has 0 bridgehead atoms. The number of carbonyl (C=O) groups excluding carboxylic acids is 1. The van der Waals surface area contributed by atoms with Crippen LogP contribution in [-0.4, -0.2) is 43.7 Å². The van der Waals surface area contributed by atoms with Gasteiger partial charge in [-0.15, -0.1) is 10.2 Å². The van der Waals surface area contributed by atoms with Gasteiger partial charge in [0, 0.05) is 12.6 Å². The first-order valence-corrected chi connectivity index (χ1v) is 7.53. The van der Waals surface area contributed by atoms with E-state index >= 15 is 0 Å². The second-order valence-corrected chi connectivity index (χ2v) is 5.53. The predicted octanol–water partition coefficient (Wildman–Crippen LogP) is 1.13. The molecular formula is C15H20N6O. The first kappa shape index (κ1) is 14.5. The molecule has 22 heavy (non-hydrogen) atoms. The molecule has 1 aromatic carbocycles. The summed E-state index contributed by atoms with van der Waals surface area (Å²) in [5, 5.41) is 14.6. The second-order valence-electron chi connectivity index (χ2n) is 5.53. The lowest BCUT2D eigenvalue weighted by Crippen LogP contribution is -2.43. The van der Waals surface area contributed by atoms with Crippen LogP contribution in [0, 0.1) is 0 Å². The van der Waals surface area contributed by atoms with E-state index in [0.717, 1.165) is 25.8 Å². The van der Waals surface area contributed by atoms with Crippen molar-refractivity contribution in [2.75, 3.05) is 6.54 Å².